The van der Waals surface area contributed by atoms with Crippen molar-refractivity contribution in [3.63, 3.8) is 0 Å². The Labute approximate surface area is 213 Å². The van der Waals surface area contributed by atoms with E-state index in [1.54, 1.807) is 11.3 Å². The number of ether oxygens (including phenoxy) is 2. The van der Waals surface area contributed by atoms with Crippen molar-refractivity contribution in [3.8, 4) is 5.75 Å². The summed E-state index contributed by atoms with van der Waals surface area (Å²) < 4.78 is 13.0. The Bertz CT molecular complexity index is 1040. The van der Waals surface area contributed by atoms with Gasteiger partial charge < -0.3 is 9.47 Å². The third-order valence-electron chi connectivity index (χ3n) is 5.42. The molecule has 4 rings (SSSR count). The van der Waals surface area contributed by atoms with Gasteiger partial charge in [0.05, 0.1) is 36.5 Å². The largest absolute Gasteiger partial charge is 0.494 e. The molecule has 1 fully saturated rings. The minimum Gasteiger partial charge on any atom is -0.494 e. The second-order valence-corrected chi connectivity index (χ2v) is 9.64. The predicted molar refractivity (Wildman–Crippen MR) is 140 cm³/mol. The van der Waals surface area contributed by atoms with Crippen LogP contribution in [0.1, 0.15) is 18.9 Å². The van der Waals surface area contributed by atoms with E-state index < -0.39 is 0 Å². The van der Waals surface area contributed by atoms with Gasteiger partial charge in [0.15, 0.2) is 5.13 Å². The highest BCUT2D eigenvalue weighted by atomic mass is 79.9. The number of benzene rings is 2. The molecule has 6 nitrogen and oxygen atoms in total. The maximum absolute atomic E-state index is 13.4. The third kappa shape index (κ3) is 7.13. The summed E-state index contributed by atoms with van der Waals surface area (Å²) in [5, 5.41) is 0.760. The van der Waals surface area contributed by atoms with Gasteiger partial charge in [-0.3, -0.25) is 14.6 Å². The van der Waals surface area contributed by atoms with Gasteiger partial charge in [0, 0.05) is 30.7 Å². The average Bonchev–Trinajstić information content (AvgIpc) is 3.21. The molecule has 2 heterocycles. The minimum atomic E-state index is 0. The molecule has 3 aromatic rings. The zero-order valence-electron chi connectivity index (χ0n) is 18.7. The van der Waals surface area contributed by atoms with Gasteiger partial charge in [-0.1, -0.05) is 39.4 Å². The molecule has 0 unspecified atom stereocenters. The van der Waals surface area contributed by atoms with Gasteiger partial charge in [-0.15, -0.1) is 12.4 Å². The number of nitrogens with zero attached hydrogens (tertiary/aromatic N) is 3. The fraction of sp³-hybridized carbons (Fsp3) is 0.417. The number of hydrogen-bond donors (Lipinski definition) is 0. The van der Waals surface area contributed by atoms with Crippen molar-refractivity contribution in [2.24, 2.45) is 0 Å². The lowest BCUT2D eigenvalue weighted by atomic mass is 10.1. The van der Waals surface area contributed by atoms with E-state index in [1.807, 2.05) is 48.2 Å². The van der Waals surface area contributed by atoms with Crippen LogP contribution in [0.2, 0.25) is 0 Å². The highest BCUT2D eigenvalue weighted by Gasteiger charge is 2.21. The summed E-state index contributed by atoms with van der Waals surface area (Å²) in [6, 6.07) is 13.8. The number of morpholine rings is 1. The third-order valence-corrected chi connectivity index (χ3v) is 6.96. The molecule has 1 aliphatic rings. The molecule has 1 aromatic heterocycles. The average molecular weight is 555 g/mol. The number of rotatable bonds is 9. The van der Waals surface area contributed by atoms with Crippen LogP contribution in [-0.4, -0.2) is 61.8 Å². The Balaban J connectivity index is 0.00000306. The highest BCUT2D eigenvalue weighted by Crippen LogP contribution is 2.31. The lowest BCUT2D eigenvalue weighted by Gasteiger charge is -2.27. The Morgan fingerprint density at radius 1 is 1.21 bits per heavy atom. The van der Waals surface area contributed by atoms with Crippen LogP contribution in [0.3, 0.4) is 0 Å². The smallest absolute Gasteiger partial charge is 0.233 e. The lowest BCUT2D eigenvalue weighted by Crippen LogP contribution is -2.39. The molecule has 1 amide bonds. The Morgan fingerprint density at radius 3 is 2.70 bits per heavy atom. The van der Waals surface area contributed by atoms with Gasteiger partial charge >= 0.3 is 0 Å². The Morgan fingerprint density at radius 2 is 1.97 bits per heavy atom. The van der Waals surface area contributed by atoms with Crippen LogP contribution in [0.25, 0.3) is 10.2 Å². The number of thiazole rings is 1. The van der Waals surface area contributed by atoms with Gasteiger partial charge in [-0.25, -0.2) is 4.98 Å². The summed E-state index contributed by atoms with van der Waals surface area (Å²) in [4.78, 5) is 22.4. The van der Waals surface area contributed by atoms with E-state index in [4.69, 9.17) is 14.5 Å². The molecule has 178 valence electrons. The predicted octanol–water partition coefficient (Wildman–Crippen LogP) is 5.18. The van der Waals surface area contributed by atoms with E-state index in [-0.39, 0.29) is 18.3 Å². The molecule has 1 saturated heterocycles. The summed E-state index contributed by atoms with van der Waals surface area (Å²) in [7, 11) is 0. The summed E-state index contributed by atoms with van der Waals surface area (Å²) in [6.07, 6.45) is 1.23. The minimum absolute atomic E-state index is 0. The van der Waals surface area contributed by atoms with E-state index in [0.29, 0.717) is 19.6 Å². The summed E-state index contributed by atoms with van der Waals surface area (Å²) >= 11 is 5.09. The van der Waals surface area contributed by atoms with E-state index in [2.05, 4.69) is 26.9 Å². The molecular weight excluding hydrogens is 526 g/mol. The highest BCUT2D eigenvalue weighted by molar-refractivity contribution is 9.10. The molecule has 0 N–H and O–H groups in total. The van der Waals surface area contributed by atoms with Crippen LogP contribution in [0, 0.1) is 0 Å². The standard InChI is InChI=1S/C24H28BrN3O3S.ClH/c1-2-31-20-7-4-18(5-8-20)16-23(29)28(11-3-10-27-12-14-30-15-13-27)24-26-21-9-6-19(25)17-22(21)32-24;/h4-9,17H,2-3,10-16H2,1H3;1H. The number of hydrogen-bond acceptors (Lipinski definition) is 6. The van der Waals surface area contributed by atoms with Crippen molar-refractivity contribution < 1.29 is 14.3 Å². The molecule has 0 aliphatic carbocycles. The molecule has 9 heteroatoms. The van der Waals surface area contributed by atoms with Crippen LogP contribution in [0.15, 0.2) is 46.9 Å². The Hall–Kier alpha value is -1.71. The topological polar surface area (TPSA) is 54.9 Å². The fourth-order valence-electron chi connectivity index (χ4n) is 3.75. The number of amides is 1. The number of carbonyl (C=O) groups excluding carboxylic acids is 1. The first-order valence-electron chi connectivity index (χ1n) is 11.0. The first-order valence-corrected chi connectivity index (χ1v) is 12.6. The number of fused-ring (bicyclic) bond motifs is 1. The second-order valence-electron chi connectivity index (χ2n) is 7.72. The SMILES string of the molecule is CCOc1ccc(CC(=O)N(CCCN2CCOCC2)c2nc3ccc(Br)cc3s2)cc1.Cl. The molecule has 0 bridgehead atoms. The van der Waals surface area contributed by atoms with E-state index in [9.17, 15) is 4.79 Å². The molecule has 0 atom stereocenters. The molecule has 0 saturated carbocycles. The van der Waals surface area contributed by atoms with Crippen molar-refractivity contribution in [2.45, 2.75) is 19.8 Å². The zero-order chi connectivity index (χ0) is 22.3. The molecule has 0 spiro atoms. The lowest BCUT2D eigenvalue weighted by molar-refractivity contribution is -0.118. The van der Waals surface area contributed by atoms with Crippen LogP contribution >= 0.6 is 39.7 Å². The maximum atomic E-state index is 13.4. The first kappa shape index (κ1) is 25.9. The monoisotopic (exact) mass is 553 g/mol. The number of carbonyl (C=O) groups is 1. The van der Waals surface area contributed by atoms with Crippen molar-refractivity contribution in [1.82, 2.24) is 9.88 Å². The fourth-order valence-corrected chi connectivity index (χ4v) is 5.31. The summed E-state index contributed by atoms with van der Waals surface area (Å²) in [6.45, 7) is 7.66. The van der Waals surface area contributed by atoms with Crippen LogP contribution in [0.5, 0.6) is 5.75 Å². The number of anilines is 1. The molecule has 2 aromatic carbocycles. The van der Waals surface area contributed by atoms with Crippen LogP contribution in [0.4, 0.5) is 5.13 Å². The van der Waals surface area contributed by atoms with Crippen molar-refractivity contribution in [2.75, 3.05) is 50.9 Å². The van der Waals surface area contributed by atoms with Crippen molar-refractivity contribution in [3.05, 3.63) is 52.5 Å². The van der Waals surface area contributed by atoms with E-state index >= 15 is 0 Å². The quantitative estimate of drug-likeness (QED) is 0.365. The zero-order valence-corrected chi connectivity index (χ0v) is 21.9. The maximum Gasteiger partial charge on any atom is 0.233 e. The summed E-state index contributed by atoms with van der Waals surface area (Å²) in [5.74, 6) is 0.886. The normalized spacial score (nSPS) is 14.1. The second kappa shape index (κ2) is 12.7. The van der Waals surface area contributed by atoms with E-state index in [0.717, 1.165) is 70.4 Å². The van der Waals surface area contributed by atoms with Gasteiger partial charge in [-0.05, 0) is 49.2 Å². The molecular formula is C24H29BrClN3O3S. The number of halogens is 2. The molecule has 1 aliphatic heterocycles. The summed E-state index contributed by atoms with van der Waals surface area (Å²) in [5.41, 5.74) is 1.89. The van der Waals surface area contributed by atoms with Crippen LogP contribution < -0.4 is 9.64 Å². The van der Waals surface area contributed by atoms with Gasteiger partial charge in [0.25, 0.3) is 0 Å². The van der Waals surface area contributed by atoms with Crippen molar-refractivity contribution in [1.29, 1.82) is 0 Å². The molecule has 0 radical (unpaired) electrons. The van der Waals surface area contributed by atoms with E-state index in [1.165, 1.54) is 0 Å². The van der Waals surface area contributed by atoms with Gasteiger partial charge in [-0.2, -0.15) is 0 Å². The first-order chi connectivity index (χ1) is 15.6. The van der Waals surface area contributed by atoms with Crippen LogP contribution in [-0.2, 0) is 16.0 Å². The van der Waals surface area contributed by atoms with Crippen molar-refractivity contribution >= 4 is 60.9 Å². The van der Waals surface area contributed by atoms with Gasteiger partial charge in [0.2, 0.25) is 5.91 Å². The number of aromatic nitrogens is 1. The Kier molecular flexibility index (Phi) is 9.94. The van der Waals surface area contributed by atoms with Gasteiger partial charge in [0.1, 0.15) is 5.75 Å². The molecule has 33 heavy (non-hydrogen) atoms.